The Labute approximate surface area is 188 Å². The number of amides is 1. The van der Waals surface area contributed by atoms with Gasteiger partial charge in [0.25, 0.3) is 0 Å². The van der Waals surface area contributed by atoms with Crippen LogP contribution in [-0.4, -0.2) is 48.5 Å². The third-order valence-corrected chi connectivity index (χ3v) is 6.32. The topological polar surface area (TPSA) is 72.3 Å². The summed E-state index contributed by atoms with van der Waals surface area (Å²) >= 11 is 5.99. The van der Waals surface area contributed by atoms with Crippen LogP contribution < -0.4 is 10.2 Å². The monoisotopic (exact) mass is 437 g/mol. The highest BCUT2D eigenvalue weighted by Crippen LogP contribution is 2.35. The molecule has 1 aromatic heterocycles. The lowest BCUT2D eigenvalue weighted by molar-refractivity contribution is -0.117. The van der Waals surface area contributed by atoms with Crippen molar-refractivity contribution >= 4 is 29.0 Å². The molecule has 0 spiro atoms. The molecule has 1 aliphatic carbocycles. The van der Waals surface area contributed by atoms with E-state index in [1.807, 2.05) is 12.1 Å². The maximum absolute atomic E-state index is 12.4. The summed E-state index contributed by atoms with van der Waals surface area (Å²) < 4.78 is 0. The van der Waals surface area contributed by atoms with Crippen LogP contribution in [0.3, 0.4) is 0 Å². The number of pyridine rings is 1. The van der Waals surface area contributed by atoms with E-state index in [9.17, 15) is 10.1 Å². The molecule has 2 aliphatic rings. The average Bonchev–Trinajstić information content (AvgIpc) is 3.22. The molecule has 1 saturated heterocycles. The summed E-state index contributed by atoms with van der Waals surface area (Å²) in [5, 5.41) is 13.4. The van der Waals surface area contributed by atoms with Crippen molar-refractivity contribution in [2.24, 2.45) is 0 Å². The second-order valence-corrected chi connectivity index (χ2v) is 9.03. The zero-order chi connectivity index (χ0) is 22.0. The maximum Gasteiger partial charge on any atom is 0.238 e. The summed E-state index contributed by atoms with van der Waals surface area (Å²) in [6.07, 6.45) is 3.10. The van der Waals surface area contributed by atoms with Crippen LogP contribution in [0.15, 0.2) is 24.3 Å². The van der Waals surface area contributed by atoms with Crippen LogP contribution in [0, 0.1) is 11.3 Å². The van der Waals surface area contributed by atoms with Gasteiger partial charge in [0.2, 0.25) is 5.91 Å². The molecule has 0 bridgehead atoms. The summed E-state index contributed by atoms with van der Waals surface area (Å²) in [5.74, 6) is 1.12. The van der Waals surface area contributed by atoms with Crippen LogP contribution in [0.4, 0.5) is 11.5 Å². The number of nitriles is 1. The molecule has 1 N–H and O–H groups in total. The quantitative estimate of drug-likeness (QED) is 0.765. The SMILES string of the molecule is CC(C)c1nc(N2CCN(CC(=O)Nc3cccc(Cl)c3)CC2)c(C#N)c2c1CCC2. The molecule has 1 fully saturated rings. The number of fused-ring (bicyclic) bond motifs is 1. The van der Waals surface area contributed by atoms with Crippen molar-refractivity contribution in [3.05, 3.63) is 51.7 Å². The Bertz CT molecular complexity index is 1020. The third-order valence-electron chi connectivity index (χ3n) is 6.08. The Balaban J connectivity index is 1.43. The van der Waals surface area contributed by atoms with Gasteiger partial charge < -0.3 is 10.2 Å². The number of rotatable bonds is 5. The number of hydrogen-bond donors (Lipinski definition) is 1. The lowest BCUT2D eigenvalue weighted by Crippen LogP contribution is -2.49. The zero-order valence-corrected chi connectivity index (χ0v) is 18.9. The minimum absolute atomic E-state index is 0.0498. The number of anilines is 2. The summed E-state index contributed by atoms with van der Waals surface area (Å²) in [6.45, 7) is 7.69. The van der Waals surface area contributed by atoms with Gasteiger partial charge in [-0.2, -0.15) is 5.26 Å². The Morgan fingerprint density at radius 1 is 1.23 bits per heavy atom. The molecule has 31 heavy (non-hydrogen) atoms. The van der Waals surface area contributed by atoms with Crippen LogP contribution in [0.5, 0.6) is 0 Å². The zero-order valence-electron chi connectivity index (χ0n) is 18.1. The molecule has 0 radical (unpaired) electrons. The third kappa shape index (κ3) is 4.68. The molecule has 0 unspecified atom stereocenters. The van der Waals surface area contributed by atoms with Gasteiger partial charge >= 0.3 is 0 Å². The van der Waals surface area contributed by atoms with Crippen LogP contribution in [0.25, 0.3) is 0 Å². The Morgan fingerprint density at radius 2 is 1.97 bits per heavy atom. The fourth-order valence-corrected chi connectivity index (χ4v) is 4.78. The highest BCUT2D eigenvalue weighted by atomic mass is 35.5. The number of carbonyl (C=O) groups excluding carboxylic acids is 1. The van der Waals surface area contributed by atoms with E-state index in [2.05, 4.69) is 35.0 Å². The molecule has 162 valence electrons. The first-order chi connectivity index (χ1) is 15.0. The van der Waals surface area contributed by atoms with Gasteiger partial charge in [-0.3, -0.25) is 9.69 Å². The van der Waals surface area contributed by atoms with E-state index < -0.39 is 0 Å². The fraction of sp³-hybridized carbons (Fsp3) is 0.458. The molecule has 1 aromatic carbocycles. The van der Waals surface area contributed by atoms with Gasteiger partial charge in [-0.25, -0.2) is 4.98 Å². The molecule has 6 nitrogen and oxygen atoms in total. The van der Waals surface area contributed by atoms with E-state index in [4.69, 9.17) is 16.6 Å². The smallest absolute Gasteiger partial charge is 0.238 e. The number of benzene rings is 1. The Morgan fingerprint density at radius 3 is 2.65 bits per heavy atom. The number of nitrogens with one attached hydrogen (secondary N) is 1. The second-order valence-electron chi connectivity index (χ2n) is 8.59. The molecule has 2 heterocycles. The molecule has 1 aliphatic heterocycles. The molecule has 1 amide bonds. The first-order valence-electron chi connectivity index (χ1n) is 10.9. The van der Waals surface area contributed by atoms with Gasteiger partial charge in [0.05, 0.1) is 12.1 Å². The largest absolute Gasteiger partial charge is 0.353 e. The van der Waals surface area contributed by atoms with Crippen LogP contribution in [-0.2, 0) is 17.6 Å². The van der Waals surface area contributed by atoms with Crippen LogP contribution in [0.2, 0.25) is 5.02 Å². The molecular weight excluding hydrogens is 410 g/mol. The number of halogens is 1. The predicted octanol–water partition coefficient (Wildman–Crippen LogP) is 3.98. The summed E-state index contributed by atoms with van der Waals surface area (Å²) in [7, 11) is 0. The first-order valence-corrected chi connectivity index (χ1v) is 11.3. The van der Waals surface area contributed by atoms with Gasteiger partial charge in [0.15, 0.2) is 0 Å². The van der Waals surface area contributed by atoms with Crippen LogP contribution >= 0.6 is 11.6 Å². The van der Waals surface area contributed by atoms with E-state index in [0.717, 1.165) is 62.5 Å². The first kappa shape index (κ1) is 21.6. The second kappa shape index (κ2) is 9.25. The van der Waals surface area contributed by atoms with Crippen molar-refractivity contribution in [1.29, 1.82) is 5.26 Å². The van der Waals surface area contributed by atoms with Crippen molar-refractivity contribution in [3.8, 4) is 6.07 Å². The molecule has 2 aromatic rings. The summed E-state index contributed by atoms with van der Waals surface area (Å²) in [5.41, 5.74) is 5.11. The van der Waals surface area contributed by atoms with E-state index in [0.29, 0.717) is 23.2 Å². The van der Waals surface area contributed by atoms with Crippen molar-refractivity contribution < 1.29 is 4.79 Å². The van der Waals surface area contributed by atoms with Crippen molar-refractivity contribution in [3.63, 3.8) is 0 Å². The van der Waals surface area contributed by atoms with Crippen molar-refractivity contribution in [2.75, 3.05) is 42.9 Å². The Kier molecular flexibility index (Phi) is 6.45. The fourth-order valence-electron chi connectivity index (χ4n) is 4.59. The minimum Gasteiger partial charge on any atom is -0.353 e. The van der Waals surface area contributed by atoms with E-state index in [-0.39, 0.29) is 5.91 Å². The molecule has 0 saturated carbocycles. The lowest BCUT2D eigenvalue weighted by atomic mass is 9.97. The van der Waals surface area contributed by atoms with E-state index >= 15 is 0 Å². The lowest BCUT2D eigenvalue weighted by Gasteiger charge is -2.36. The van der Waals surface area contributed by atoms with Gasteiger partial charge in [0, 0.05) is 42.6 Å². The highest BCUT2D eigenvalue weighted by Gasteiger charge is 2.28. The predicted molar refractivity (Wildman–Crippen MR) is 124 cm³/mol. The van der Waals surface area contributed by atoms with Crippen LogP contribution in [0.1, 0.15) is 48.6 Å². The van der Waals surface area contributed by atoms with Crippen molar-refractivity contribution in [2.45, 2.75) is 39.0 Å². The number of carbonyl (C=O) groups is 1. The number of piperazine rings is 1. The number of nitrogens with zero attached hydrogens (tertiary/aromatic N) is 4. The Hall–Kier alpha value is -2.62. The number of aromatic nitrogens is 1. The van der Waals surface area contributed by atoms with Gasteiger partial charge in [-0.1, -0.05) is 31.5 Å². The van der Waals surface area contributed by atoms with E-state index in [1.165, 1.54) is 11.1 Å². The standard InChI is InChI=1S/C24H28ClN5O/c1-16(2)23-20-8-4-7-19(20)21(14-26)24(28-23)30-11-9-29(10-12-30)15-22(31)27-18-6-3-5-17(25)13-18/h3,5-6,13,16H,4,7-12,15H2,1-2H3,(H,27,31). The molecule has 4 rings (SSSR count). The maximum atomic E-state index is 12.4. The van der Waals surface area contributed by atoms with E-state index in [1.54, 1.807) is 12.1 Å². The summed E-state index contributed by atoms with van der Waals surface area (Å²) in [6, 6.07) is 9.61. The van der Waals surface area contributed by atoms with Gasteiger partial charge in [-0.05, 0) is 54.5 Å². The minimum atomic E-state index is -0.0498. The van der Waals surface area contributed by atoms with Gasteiger partial charge in [-0.15, -0.1) is 0 Å². The number of hydrogen-bond acceptors (Lipinski definition) is 5. The average molecular weight is 438 g/mol. The summed E-state index contributed by atoms with van der Waals surface area (Å²) in [4.78, 5) is 21.8. The normalized spacial score (nSPS) is 16.3. The highest BCUT2D eigenvalue weighted by molar-refractivity contribution is 6.30. The van der Waals surface area contributed by atoms with Gasteiger partial charge in [0.1, 0.15) is 11.9 Å². The molecule has 7 heteroatoms. The van der Waals surface area contributed by atoms with Crippen molar-refractivity contribution in [1.82, 2.24) is 9.88 Å². The molecule has 0 atom stereocenters. The molecular formula is C24H28ClN5O.